The molecule has 62 heavy (non-hydrogen) atoms. The van der Waals surface area contributed by atoms with Crippen LogP contribution in [-0.4, -0.2) is 102 Å². The summed E-state index contributed by atoms with van der Waals surface area (Å²) >= 11 is 6.54. The van der Waals surface area contributed by atoms with Gasteiger partial charge < -0.3 is 34.5 Å². The Morgan fingerprint density at radius 1 is 0.984 bits per heavy atom. The molecule has 1 atom stereocenters. The smallest absolute Gasteiger partial charge is 0.255 e. The number of hydrogen-bond acceptors (Lipinski definition) is 12. The summed E-state index contributed by atoms with van der Waals surface area (Å²) in [4.78, 5) is 53.2. The van der Waals surface area contributed by atoms with E-state index in [1.807, 2.05) is 42.5 Å². The van der Waals surface area contributed by atoms with Crippen molar-refractivity contribution in [3.63, 3.8) is 0 Å². The number of carbonyl (C=O) groups excluding carboxylic acids is 3. The van der Waals surface area contributed by atoms with Crippen LogP contribution >= 0.6 is 18.7 Å². The van der Waals surface area contributed by atoms with Crippen LogP contribution in [0.15, 0.2) is 60.8 Å². The van der Waals surface area contributed by atoms with Gasteiger partial charge in [0, 0.05) is 61.3 Å². The summed E-state index contributed by atoms with van der Waals surface area (Å²) in [5, 5.41) is 10.1. The highest BCUT2D eigenvalue weighted by Crippen LogP contribution is 2.51. The molecule has 3 saturated heterocycles. The highest BCUT2D eigenvalue weighted by Gasteiger charge is 2.51. The van der Waals surface area contributed by atoms with Crippen molar-refractivity contribution in [2.24, 2.45) is 5.41 Å². The molecule has 5 heterocycles. The molecule has 4 fully saturated rings. The number of methoxy groups -OCH3 is 1. The molecule has 5 aliphatic rings. The number of piperidine rings is 2. The van der Waals surface area contributed by atoms with Gasteiger partial charge in [-0.05, 0) is 118 Å². The first-order valence-electron chi connectivity index (χ1n) is 21.6. The van der Waals surface area contributed by atoms with Crippen LogP contribution in [0.4, 0.5) is 28.8 Å². The molecule has 326 valence electrons. The quantitative estimate of drug-likeness (QED) is 0.0981. The van der Waals surface area contributed by atoms with Crippen molar-refractivity contribution < 1.29 is 28.4 Å². The Morgan fingerprint density at radius 3 is 2.52 bits per heavy atom. The molecule has 9 rings (SSSR count). The van der Waals surface area contributed by atoms with Crippen LogP contribution in [0, 0.1) is 5.41 Å². The van der Waals surface area contributed by atoms with E-state index < -0.39 is 19.1 Å². The van der Waals surface area contributed by atoms with Crippen LogP contribution in [0.3, 0.4) is 0 Å². The molecule has 4 aromatic rings. The molecule has 1 aliphatic carbocycles. The monoisotopic (exact) mass is 880 g/mol. The predicted molar refractivity (Wildman–Crippen MR) is 242 cm³/mol. The van der Waals surface area contributed by atoms with Crippen LogP contribution < -0.4 is 35.6 Å². The maximum absolute atomic E-state index is 13.1. The first-order chi connectivity index (χ1) is 29.8. The van der Waals surface area contributed by atoms with Gasteiger partial charge in [0.1, 0.15) is 29.7 Å². The number of fused-ring (bicyclic) bond motifs is 1. The standard InChI is InChI=1S/C46H54ClN8O6P/c1-5-28-21-36(50-45-48-25-34(47)42(52-45)49-35-8-6-7-9-40(35)62(3,4)59)39(60-2)22-38(28)53-17-14-30(15-18-53)54-19-16-46(27-54)23-32(24-46)61-31-10-11-33-29(20-31)26-55(44(33)58)37-12-13-41(56)51-43(37)57/h6-11,20-22,25,30,32,37H,5,12-19,23-24,26-27H2,1-4H3,(H,51,56,57)(H2,48,49,50,52). The number of anilines is 5. The van der Waals surface area contributed by atoms with Gasteiger partial charge in [0.05, 0.1) is 30.8 Å². The first kappa shape index (κ1) is 42.1. The summed E-state index contributed by atoms with van der Waals surface area (Å²) in [6, 6.07) is 17.3. The second-order valence-electron chi connectivity index (χ2n) is 17.8. The van der Waals surface area contributed by atoms with Crippen molar-refractivity contribution >= 4 is 70.6 Å². The van der Waals surface area contributed by atoms with Gasteiger partial charge in [-0.2, -0.15) is 4.98 Å². The Bertz CT molecular complexity index is 2470. The first-order valence-corrected chi connectivity index (χ1v) is 24.6. The average Bonchev–Trinajstić information content (AvgIpc) is 3.83. The fourth-order valence-electron chi connectivity index (χ4n) is 10.2. The molecule has 0 bridgehead atoms. The summed E-state index contributed by atoms with van der Waals surface area (Å²) in [5.74, 6) is 1.37. The number of carbonyl (C=O) groups is 3. The van der Waals surface area contributed by atoms with E-state index in [0.29, 0.717) is 52.8 Å². The molecule has 1 aromatic heterocycles. The molecule has 1 unspecified atom stereocenters. The maximum atomic E-state index is 13.1. The number of ether oxygens (including phenoxy) is 2. The zero-order chi connectivity index (χ0) is 43.3. The van der Waals surface area contributed by atoms with Gasteiger partial charge >= 0.3 is 0 Å². The van der Waals surface area contributed by atoms with E-state index in [4.69, 9.17) is 21.1 Å². The third-order valence-corrected chi connectivity index (χ3v) is 15.2. The number of para-hydroxylation sites is 1. The van der Waals surface area contributed by atoms with Crippen molar-refractivity contribution in [3.05, 3.63) is 82.5 Å². The van der Waals surface area contributed by atoms with Gasteiger partial charge in [-0.3, -0.25) is 24.6 Å². The number of aryl methyl sites for hydroxylation is 1. The SMILES string of the molecule is CCc1cc(Nc2ncc(Cl)c(Nc3ccccc3P(C)(C)=O)n2)c(OC)cc1N1CCC(N2CCC3(CC(Oc4ccc5c(c4)CN(C4CCC(=O)NC4=O)C5=O)C3)C2)CC1. The van der Waals surface area contributed by atoms with Crippen molar-refractivity contribution in [3.8, 4) is 11.5 Å². The van der Waals surface area contributed by atoms with Crippen LogP contribution in [0.5, 0.6) is 11.5 Å². The molecule has 1 spiro atoms. The van der Waals surface area contributed by atoms with Crippen LogP contribution in [0.2, 0.25) is 5.02 Å². The third kappa shape index (κ3) is 8.36. The Morgan fingerprint density at radius 2 is 1.77 bits per heavy atom. The van der Waals surface area contributed by atoms with E-state index >= 15 is 0 Å². The Hall–Kier alpha value is -5.17. The lowest BCUT2D eigenvalue weighted by molar-refractivity contribution is -0.136. The van der Waals surface area contributed by atoms with Gasteiger partial charge in [0.15, 0.2) is 5.82 Å². The number of rotatable bonds is 12. The minimum absolute atomic E-state index is 0.143. The average molecular weight is 881 g/mol. The zero-order valence-corrected chi connectivity index (χ0v) is 37.4. The van der Waals surface area contributed by atoms with Crippen molar-refractivity contribution in [1.82, 2.24) is 25.1 Å². The molecule has 16 heteroatoms. The molecule has 3 amide bonds. The lowest BCUT2D eigenvalue weighted by Crippen LogP contribution is -2.52. The molecule has 0 radical (unpaired) electrons. The van der Waals surface area contributed by atoms with Crippen molar-refractivity contribution in [1.29, 1.82) is 0 Å². The molecular weight excluding hydrogens is 827 g/mol. The topological polar surface area (TPSA) is 158 Å². The van der Waals surface area contributed by atoms with E-state index in [0.717, 1.165) is 80.6 Å². The van der Waals surface area contributed by atoms with E-state index in [1.165, 1.54) is 17.7 Å². The predicted octanol–water partition coefficient (Wildman–Crippen LogP) is 7.10. The second-order valence-corrected chi connectivity index (χ2v) is 21.4. The number of benzene rings is 3. The Kier molecular flexibility index (Phi) is 11.4. The summed E-state index contributed by atoms with van der Waals surface area (Å²) in [7, 11) is -0.883. The fourth-order valence-corrected chi connectivity index (χ4v) is 11.5. The minimum Gasteiger partial charge on any atom is -0.494 e. The van der Waals surface area contributed by atoms with Gasteiger partial charge in [-0.25, -0.2) is 4.98 Å². The van der Waals surface area contributed by atoms with Crippen LogP contribution in [0.25, 0.3) is 0 Å². The van der Waals surface area contributed by atoms with E-state index in [9.17, 15) is 18.9 Å². The number of likely N-dealkylation sites (tertiary alicyclic amines) is 1. The summed E-state index contributed by atoms with van der Waals surface area (Å²) in [6.07, 6.45) is 8.53. The van der Waals surface area contributed by atoms with Crippen LogP contribution in [0.1, 0.15) is 73.4 Å². The number of amides is 3. The number of nitrogens with zero attached hydrogens (tertiary/aromatic N) is 5. The third-order valence-electron chi connectivity index (χ3n) is 13.4. The number of aromatic nitrogens is 2. The zero-order valence-electron chi connectivity index (χ0n) is 35.7. The summed E-state index contributed by atoms with van der Waals surface area (Å²) in [6.45, 7) is 10.1. The highest BCUT2D eigenvalue weighted by molar-refractivity contribution is 7.70. The molecule has 4 aliphatic heterocycles. The van der Waals surface area contributed by atoms with E-state index in [2.05, 4.69) is 54.8 Å². The van der Waals surface area contributed by atoms with Gasteiger partial charge in [0.2, 0.25) is 17.8 Å². The molecular formula is C46H54ClN8O6P. The van der Waals surface area contributed by atoms with Crippen LogP contribution in [-0.2, 0) is 27.1 Å². The maximum Gasteiger partial charge on any atom is 0.255 e. The van der Waals surface area contributed by atoms with Crippen molar-refractivity contribution in [2.75, 3.05) is 62.2 Å². The lowest BCUT2D eigenvalue weighted by atomic mass is 9.66. The highest BCUT2D eigenvalue weighted by atomic mass is 35.5. The molecule has 3 N–H and O–H groups in total. The van der Waals surface area contributed by atoms with Gasteiger partial charge in [0.25, 0.3) is 5.91 Å². The molecule has 1 saturated carbocycles. The number of nitrogens with one attached hydrogen (secondary N) is 3. The van der Waals surface area contributed by atoms with Crippen molar-refractivity contribution in [2.45, 2.75) is 83.0 Å². The fraction of sp³-hybridized carbons (Fsp3) is 0.457. The molecule has 14 nitrogen and oxygen atoms in total. The van der Waals surface area contributed by atoms with E-state index in [1.54, 1.807) is 31.5 Å². The number of hydrogen-bond donors (Lipinski definition) is 3. The molecule has 3 aromatic carbocycles. The van der Waals surface area contributed by atoms with Gasteiger partial charge in [-0.1, -0.05) is 30.7 Å². The second kappa shape index (κ2) is 16.8. The summed E-state index contributed by atoms with van der Waals surface area (Å²) in [5.41, 5.74) is 5.59. The Balaban J connectivity index is 0.787. The Labute approximate surface area is 367 Å². The number of imide groups is 1. The lowest BCUT2D eigenvalue weighted by Gasteiger charge is -2.46. The van der Waals surface area contributed by atoms with Gasteiger partial charge in [-0.15, -0.1) is 0 Å². The number of halogens is 1. The minimum atomic E-state index is -2.56. The normalized spacial score (nSPS) is 23.0. The summed E-state index contributed by atoms with van der Waals surface area (Å²) < 4.78 is 25.4. The van der Waals surface area contributed by atoms with E-state index in [-0.39, 0.29) is 29.8 Å². The largest absolute Gasteiger partial charge is 0.494 e.